The number of hydrogen-bond donors (Lipinski definition) is 0. The summed E-state index contributed by atoms with van der Waals surface area (Å²) in [6.45, 7) is 4.22. The molecule has 184 valence electrons. The van der Waals surface area contributed by atoms with Crippen LogP contribution in [0.15, 0.2) is 48.5 Å². The third-order valence-corrected chi connectivity index (χ3v) is 6.84. The van der Waals surface area contributed by atoms with Crippen molar-refractivity contribution in [1.82, 2.24) is 30.0 Å². The van der Waals surface area contributed by atoms with Crippen molar-refractivity contribution >= 4 is 11.9 Å². The van der Waals surface area contributed by atoms with E-state index in [9.17, 15) is 4.79 Å². The minimum Gasteiger partial charge on any atom is -0.497 e. The topological polar surface area (TPSA) is 88.8 Å². The van der Waals surface area contributed by atoms with E-state index in [1.165, 1.54) is 0 Å². The number of tetrazole rings is 1. The van der Waals surface area contributed by atoms with Crippen LogP contribution in [0.5, 0.6) is 11.5 Å². The Morgan fingerprint density at radius 1 is 1.00 bits per heavy atom. The molecule has 2 fully saturated rings. The average molecular weight is 478 g/mol. The monoisotopic (exact) mass is 477 g/mol. The molecule has 0 bridgehead atoms. The van der Waals surface area contributed by atoms with Gasteiger partial charge in [-0.25, -0.2) is 0 Å². The number of nitrogens with zero attached hydrogens (tertiary/aromatic N) is 7. The number of aromatic nitrogens is 4. The number of amides is 1. The zero-order chi connectivity index (χ0) is 24.2. The quantitative estimate of drug-likeness (QED) is 0.512. The summed E-state index contributed by atoms with van der Waals surface area (Å²) >= 11 is 0. The van der Waals surface area contributed by atoms with Crippen LogP contribution >= 0.6 is 0 Å². The van der Waals surface area contributed by atoms with E-state index in [1.54, 1.807) is 18.9 Å². The van der Waals surface area contributed by atoms with Gasteiger partial charge in [0, 0.05) is 38.3 Å². The molecule has 10 nitrogen and oxygen atoms in total. The van der Waals surface area contributed by atoms with E-state index in [0.717, 1.165) is 74.3 Å². The second-order valence-corrected chi connectivity index (χ2v) is 8.84. The molecule has 1 atom stereocenters. The summed E-state index contributed by atoms with van der Waals surface area (Å²) in [4.78, 5) is 19.8. The van der Waals surface area contributed by atoms with E-state index in [4.69, 9.17) is 9.47 Å². The van der Waals surface area contributed by atoms with Crippen molar-refractivity contribution in [2.24, 2.45) is 0 Å². The van der Waals surface area contributed by atoms with Crippen molar-refractivity contribution < 1.29 is 14.3 Å². The molecule has 2 saturated heterocycles. The van der Waals surface area contributed by atoms with Gasteiger partial charge in [-0.3, -0.25) is 9.69 Å². The third kappa shape index (κ3) is 4.79. The van der Waals surface area contributed by atoms with Gasteiger partial charge < -0.3 is 19.3 Å². The maximum Gasteiger partial charge on any atom is 0.250 e. The molecule has 0 N–H and O–H groups in total. The fourth-order valence-electron chi connectivity index (χ4n) is 4.99. The first-order valence-corrected chi connectivity index (χ1v) is 12.0. The maximum absolute atomic E-state index is 13.4. The summed E-state index contributed by atoms with van der Waals surface area (Å²) in [5, 5.41) is 12.3. The molecule has 10 heteroatoms. The van der Waals surface area contributed by atoms with Crippen molar-refractivity contribution in [2.45, 2.75) is 18.9 Å². The molecule has 2 aliphatic rings. The predicted octanol–water partition coefficient (Wildman–Crippen LogP) is 2.17. The highest BCUT2D eigenvalue weighted by molar-refractivity contribution is 5.79. The number of methoxy groups -OCH3 is 2. The largest absolute Gasteiger partial charge is 0.497 e. The SMILES string of the molecule is COc1ccc(OC)c(C2CCCN2C(=O)CN2CCN(c3nnnn3-c3ccccc3)CC2)c1. The molecule has 3 aromatic rings. The van der Waals surface area contributed by atoms with Gasteiger partial charge in [0.1, 0.15) is 11.5 Å². The molecule has 1 amide bonds. The fourth-order valence-corrected chi connectivity index (χ4v) is 4.99. The molecule has 1 aromatic heterocycles. The van der Waals surface area contributed by atoms with E-state index in [2.05, 4.69) is 25.3 Å². The van der Waals surface area contributed by atoms with Crippen molar-refractivity contribution in [2.75, 3.05) is 58.4 Å². The Balaban J connectivity index is 1.22. The molecule has 0 spiro atoms. The number of piperazine rings is 1. The number of para-hydroxylation sites is 1. The molecule has 2 aromatic carbocycles. The molecular formula is C25H31N7O3. The van der Waals surface area contributed by atoms with E-state index in [-0.39, 0.29) is 11.9 Å². The Bertz CT molecular complexity index is 1140. The summed E-state index contributed by atoms with van der Waals surface area (Å²) in [7, 11) is 3.32. The lowest BCUT2D eigenvalue weighted by molar-refractivity contribution is -0.133. The van der Waals surface area contributed by atoms with Gasteiger partial charge in [0.2, 0.25) is 11.9 Å². The summed E-state index contributed by atoms with van der Waals surface area (Å²) in [5.41, 5.74) is 1.94. The lowest BCUT2D eigenvalue weighted by atomic mass is 10.0. The van der Waals surface area contributed by atoms with Gasteiger partial charge in [-0.1, -0.05) is 23.3 Å². The standard InChI is InChI=1S/C25H31N7O3/c1-34-20-10-11-23(35-2)21(17-20)22-9-6-12-31(22)24(33)18-29-13-15-30(16-14-29)25-26-27-28-32(25)19-7-4-3-5-8-19/h3-5,7-8,10-11,17,22H,6,9,12-16,18H2,1-2H3. The van der Waals surface area contributed by atoms with Gasteiger partial charge in [-0.2, -0.15) is 4.68 Å². The Morgan fingerprint density at radius 3 is 2.54 bits per heavy atom. The van der Waals surface area contributed by atoms with E-state index in [1.807, 2.05) is 53.4 Å². The maximum atomic E-state index is 13.4. The number of benzene rings is 2. The first kappa shape index (κ1) is 23.1. The smallest absolute Gasteiger partial charge is 0.250 e. The number of ether oxygens (including phenoxy) is 2. The highest BCUT2D eigenvalue weighted by atomic mass is 16.5. The summed E-state index contributed by atoms with van der Waals surface area (Å²) in [6.07, 6.45) is 1.90. The van der Waals surface area contributed by atoms with Gasteiger partial charge in [-0.15, -0.1) is 0 Å². The molecule has 1 unspecified atom stereocenters. The summed E-state index contributed by atoms with van der Waals surface area (Å²) < 4.78 is 12.8. The van der Waals surface area contributed by atoms with Crippen LogP contribution in [0.1, 0.15) is 24.4 Å². The van der Waals surface area contributed by atoms with Crippen LogP contribution in [0.2, 0.25) is 0 Å². The Hall–Kier alpha value is -3.66. The van der Waals surface area contributed by atoms with Crippen LogP contribution < -0.4 is 14.4 Å². The van der Waals surface area contributed by atoms with Crippen LogP contribution in [0.25, 0.3) is 5.69 Å². The molecule has 0 saturated carbocycles. The fraction of sp³-hybridized carbons (Fsp3) is 0.440. The lowest BCUT2D eigenvalue weighted by Crippen LogP contribution is -2.50. The van der Waals surface area contributed by atoms with Crippen LogP contribution in [-0.2, 0) is 4.79 Å². The van der Waals surface area contributed by atoms with E-state index in [0.29, 0.717) is 6.54 Å². The van der Waals surface area contributed by atoms with Crippen molar-refractivity contribution in [1.29, 1.82) is 0 Å². The van der Waals surface area contributed by atoms with Gasteiger partial charge in [0.25, 0.3) is 0 Å². The minimum atomic E-state index is 0.00402. The van der Waals surface area contributed by atoms with Crippen molar-refractivity contribution in [3.63, 3.8) is 0 Å². The highest BCUT2D eigenvalue weighted by Crippen LogP contribution is 2.39. The number of likely N-dealkylation sites (tertiary alicyclic amines) is 1. The first-order chi connectivity index (χ1) is 17.2. The Morgan fingerprint density at radius 2 is 1.80 bits per heavy atom. The summed E-state index contributed by atoms with van der Waals surface area (Å²) in [6, 6.07) is 15.7. The molecule has 2 aliphatic heterocycles. The third-order valence-electron chi connectivity index (χ3n) is 6.84. The lowest BCUT2D eigenvalue weighted by Gasteiger charge is -2.36. The molecule has 35 heavy (non-hydrogen) atoms. The van der Waals surface area contributed by atoms with Crippen LogP contribution in [0, 0.1) is 0 Å². The second kappa shape index (κ2) is 10.3. The molecule has 0 radical (unpaired) electrons. The summed E-state index contributed by atoms with van der Waals surface area (Å²) in [5.74, 6) is 2.45. The molecule has 5 rings (SSSR count). The number of hydrogen-bond acceptors (Lipinski definition) is 8. The van der Waals surface area contributed by atoms with E-state index >= 15 is 0 Å². The van der Waals surface area contributed by atoms with Gasteiger partial charge in [-0.05, 0) is 53.6 Å². The number of carbonyl (C=O) groups is 1. The average Bonchev–Trinajstić information content (AvgIpc) is 3.60. The molecular weight excluding hydrogens is 446 g/mol. The predicted molar refractivity (Wildman–Crippen MR) is 131 cm³/mol. The Labute approximate surface area is 205 Å². The zero-order valence-corrected chi connectivity index (χ0v) is 20.2. The van der Waals surface area contributed by atoms with Gasteiger partial charge >= 0.3 is 0 Å². The zero-order valence-electron chi connectivity index (χ0n) is 20.2. The first-order valence-electron chi connectivity index (χ1n) is 12.0. The van der Waals surface area contributed by atoms with Gasteiger partial charge in [0.05, 0.1) is 32.5 Å². The highest BCUT2D eigenvalue weighted by Gasteiger charge is 2.33. The minimum absolute atomic E-state index is 0.00402. The van der Waals surface area contributed by atoms with Crippen molar-refractivity contribution in [3.05, 3.63) is 54.1 Å². The number of anilines is 1. The number of carbonyl (C=O) groups excluding carboxylic acids is 1. The van der Waals surface area contributed by atoms with Gasteiger partial charge in [0.15, 0.2) is 0 Å². The van der Waals surface area contributed by atoms with Crippen LogP contribution in [0.4, 0.5) is 5.95 Å². The molecule has 3 heterocycles. The molecule has 0 aliphatic carbocycles. The van der Waals surface area contributed by atoms with Crippen LogP contribution in [-0.4, -0.2) is 89.4 Å². The normalized spacial score (nSPS) is 18.6. The number of rotatable bonds is 7. The Kier molecular flexibility index (Phi) is 6.80. The van der Waals surface area contributed by atoms with Crippen molar-refractivity contribution in [3.8, 4) is 17.2 Å². The van der Waals surface area contributed by atoms with E-state index < -0.39 is 0 Å². The van der Waals surface area contributed by atoms with Crippen LogP contribution in [0.3, 0.4) is 0 Å². The second-order valence-electron chi connectivity index (χ2n) is 8.84.